The second kappa shape index (κ2) is 11.2. The molecule has 4 nitrogen and oxygen atoms in total. The molecule has 1 fully saturated rings. The van der Waals surface area contributed by atoms with Crippen molar-refractivity contribution in [2.75, 3.05) is 0 Å². The van der Waals surface area contributed by atoms with Gasteiger partial charge in [0.2, 0.25) is 0 Å². The summed E-state index contributed by atoms with van der Waals surface area (Å²) in [4.78, 5) is 25.6. The van der Waals surface area contributed by atoms with Gasteiger partial charge < -0.3 is 9.84 Å². The first-order valence-corrected chi connectivity index (χ1v) is 13.5. The van der Waals surface area contributed by atoms with Crippen LogP contribution < -0.4 is 0 Å². The maximum atomic E-state index is 12.8. The minimum atomic E-state index is -1.74. The van der Waals surface area contributed by atoms with Crippen molar-refractivity contribution in [1.82, 2.24) is 0 Å². The van der Waals surface area contributed by atoms with E-state index >= 15 is 0 Å². The molecule has 1 heterocycles. The topological polar surface area (TPSA) is 63.6 Å². The third-order valence-corrected chi connectivity index (χ3v) is 8.57. The number of ketones is 2. The van der Waals surface area contributed by atoms with E-state index in [0.29, 0.717) is 23.5 Å². The van der Waals surface area contributed by atoms with Crippen molar-refractivity contribution in [3.8, 4) is 0 Å². The lowest BCUT2D eigenvalue weighted by atomic mass is 9.70. The van der Waals surface area contributed by atoms with Crippen LogP contribution in [0.25, 0.3) is 0 Å². The first kappa shape index (κ1) is 28.2. The molecule has 4 heteroatoms. The summed E-state index contributed by atoms with van der Waals surface area (Å²) in [6.45, 7) is 16.3. The number of ether oxygens (including phenoxy) is 1. The van der Waals surface area contributed by atoms with E-state index in [1.54, 1.807) is 13.8 Å². The van der Waals surface area contributed by atoms with E-state index in [4.69, 9.17) is 4.74 Å². The van der Waals surface area contributed by atoms with Gasteiger partial charge in [-0.3, -0.25) is 9.59 Å². The monoisotopic (exact) mass is 462 g/mol. The highest BCUT2D eigenvalue weighted by atomic mass is 16.5. The van der Waals surface area contributed by atoms with E-state index < -0.39 is 16.8 Å². The van der Waals surface area contributed by atoms with Gasteiger partial charge in [0.1, 0.15) is 0 Å². The Balaban J connectivity index is 1.84. The molecule has 0 bridgehead atoms. The minimum Gasteiger partial charge on any atom is -0.378 e. The van der Waals surface area contributed by atoms with E-state index in [0.717, 1.165) is 31.1 Å². The fourth-order valence-corrected chi connectivity index (χ4v) is 6.14. The molecule has 0 aromatic rings. The molecule has 1 aliphatic heterocycles. The smallest absolute Gasteiger partial charge is 0.193 e. The Morgan fingerprint density at radius 3 is 1.97 bits per heavy atom. The molecule has 0 radical (unpaired) electrons. The molecule has 2 aliphatic rings. The summed E-state index contributed by atoms with van der Waals surface area (Å²) >= 11 is 0. The lowest BCUT2D eigenvalue weighted by Gasteiger charge is -2.51. The fourth-order valence-electron chi connectivity index (χ4n) is 6.14. The highest BCUT2D eigenvalue weighted by Crippen LogP contribution is 2.54. The maximum Gasteiger partial charge on any atom is 0.193 e. The van der Waals surface area contributed by atoms with Gasteiger partial charge in [0.05, 0.1) is 5.60 Å². The van der Waals surface area contributed by atoms with E-state index in [-0.39, 0.29) is 18.0 Å². The van der Waals surface area contributed by atoms with Gasteiger partial charge in [-0.2, -0.15) is 0 Å². The number of aliphatic hydroxyl groups is 1. The normalized spacial score (nSPS) is 31.8. The highest BCUT2D eigenvalue weighted by molar-refractivity contribution is 6.13. The molecule has 1 N–H and O–H groups in total. The second-order valence-corrected chi connectivity index (χ2v) is 12.1. The van der Waals surface area contributed by atoms with Crippen LogP contribution in [0.2, 0.25) is 0 Å². The van der Waals surface area contributed by atoms with Crippen molar-refractivity contribution in [3.63, 3.8) is 0 Å². The third-order valence-electron chi connectivity index (χ3n) is 8.57. The molecule has 0 aromatic carbocycles. The average Bonchev–Trinajstić information content (AvgIpc) is 2.87. The quantitative estimate of drug-likeness (QED) is 0.321. The maximum absolute atomic E-state index is 12.8. The summed E-state index contributed by atoms with van der Waals surface area (Å²) in [5.74, 6) is 1.69. The van der Waals surface area contributed by atoms with Crippen LogP contribution in [0.5, 0.6) is 0 Å². The summed E-state index contributed by atoms with van der Waals surface area (Å²) in [6.07, 6.45) is 11.8. The average molecular weight is 463 g/mol. The lowest BCUT2D eigenvalue weighted by Crippen LogP contribution is -2.67. The molecular weight excluding hydrogens is 412 g/mol. The van der Waals surface area contributed by atoms with E-state index in [1.807, 2.05) is 6.92 Å². The van der Waals surface area contributed by atoms with E-state index in [2.05, 4.69) is 27.7 Å². The van der Waals surface area contributed by atoms with Gasteiger partial charge in [-0.25, -0.2) is 0 Å². The molecule has 1 aliphatic carbocycles. The summed E-state index contributed by atoms with van der Waals surface area (Å²) < 4.78 is 6.47. The summed E-state index contributed by atoms with van der Waals surface area (Å²) in [5, 5.41) is 11.3. The molecular formula is C29H50O4. The predicted molar refractivity (Wildman–Crippen MR) is 135 cm³/mol. The molecule has 5 atom stereocenters. The minimum absolute atomic E-state index is 0.269. The fraction of sp³-hybridized carbons (Fsp3) is 0.862. The van der Waals surface area contributed by atoms with Crippen molar-refractivity contribution >= 4 is 11.6 Å². The molecule has 0 saturated carbocycles. The number of rotatable bonds is 13. The summed E-state index contributed by atoms with van der Waals surface area (Å²) in [7, 11) is 0. The van der Waals surface area contributed by atoms with Gasteiger partial charge in [0.25, 0.3) is 0 Å². The molecule has 0 aromatic heterocycles. The lowest BCUT2D eigenvalue weighted by molar-refractivity contribution is -0.238. The molecule has 0 amide bonds. The Labute approximate surface area is 202 Å². The van der Waals surface area contributed by atoms with Crippen LogP contribution in [0.1, 0.15) is 126 Å². The first-order chi connectivity index (χ1) is 15.3. The van der Waals surface area contributed by atoms with Crippen molar-refractivity contribution in [1.29, 1.82) is 0 Å². The van der Waals surface area contributed by atoms with Crippen molar-refractivity contribution in [2.45, 2.75) is 143 Å². The number of Topliss-reactive ketones (excluding diaryl/α,β-unsaturated/α-hetero) is 2. The van der Waals surface area contributed by atoms with Crippen molar-refractivity contribution in [3.05, 3.63) is 11.1 Å². The molecule has 2 unspecified atom stereocenters. The predicted octanol–water partition coefficient (Wildman–Crippen LogP) is 6.97. The standard InChI is InChI=1S/C29H50O4/c1-20(2)12-9-13-21(3)14-10-15-22(4)16-11-17-27(8)18-19-28(32)26(31)23(5)24(6)29(28,33-27)25(7)30/h20-22,32H,9-19H2,1-8H3/t21?,22?,27-,28+,29-/m0/s1. The molecule has 1 saturated heterocycles. The second-order valence-electron chi connectivity index (χ2n) is 12.1. The highest BCUT2D eigenvalue weighted by Gasteiger charge is 2.69. The van der Waals surface area contributed by atoms with Crippen LogP contribution >= 0.6 is 0 Å². The Morgan fingerprint density at radius 1 is 0.939 bits per heavy atom. The molecule has 0 spiro atoms. The molecule has 190 valence electrons. The zero-order valence-corrected chi connectivity index (χ0v) is 22.7. The van der Waals surface area contributed by atoms with Crippen LogP contribution in [0, 0.1) is 17.8 Å². The van der Waals surface area contributed by atoms with Gasteiger partial charge in [-0.15, -0.1) is 0 Å². The summed E-state index contributed by atoms with van der Waals surface area (Å²) in [5.41, 5.74) is -2.70. The Kier molecular flexibility index (Phi) is 9.55. The van der Waals surface area contributed by atoms with Crippen LogP contribution in [0.4, 0.5) is 0 Å². The number of hydrogen-bond donors (Lipinski definition) is 1. The zero-order chi connectivity index (χ0) is 25.0. The van der Waals surface area contributed by atoms with Crippen LogP contribution in [-0.4, -0.2) is 33.5 Å². The third kappa shape index (κ3) is 5.99. The largest absolute Gasteiger partial charge is 0.378 e. The van der Waals surface area contributed by atoms with Gasteiger partial charge in [-0.1, -0.05) is 79.1 Å². The van der Waals surface area contributed by atoms with Gasteiger partial charge in [0.15, 0.2) is 22.8 Å². The Hall–Kier alpha value is -1.00. The van der Waals surface area contributed by atoms with Gasteiger partial charge >= 0.3 is 0 Å². The van der Waals surface area contributed by atoms with E-state index in [9.17, 15) is 14.7 Å². The van der Waals surface area contributed by atoms with Crippen LogP contribution in [0.15, 0.2) is 11.1 Å². The molecule has 33 heavy (non-hydrogen) atoms. The van der Waals surface area contributed by atoms with Crippen molar-refractivity contribution in [2.24, 2.45) is 17.8 Å². The molecule has 2 rings (SSSR count). The summed E-state index contributed by atoms with van der Waals surface area (Å²) in [6, 6.07) is 0. The van der Waals surface area contributed by atoms with E-state index in [1.165, 1.54) is 45.4 Å². The van der Waals surface area contributed by atoms with Crippen LogP contribution in [0.3, 0.4) is 0 Å². The zero-order valence-electron chi connectivity index (χ0n) is 22.7. The van der Waals surface area contributed by atoms with Crippen LogP contribution in [-0.2, 0) is 14.3 Å². The van der Waals surface area contributed by atoms with Gasteiger partial charge in [0, 0.05) is 0 Å². The number of carbonyl (C=O) groups is 2. The number of hydrogen-bond acceptors (Lipinski definition) is 4. The Bertz CT molecular complexity index is 738. The SMILES string of the molecule is CC(=O)[C@]12O[C@@](C)(CCCC(C)CCCC(C)CCCC(C)C)CC[C@@]1(O)C(=O)C(C)=C2C. The Morgan fingerprint density at radius 2 is 1.45 bits per heavy atom. The first-order valence-electron chi connectivity index (χ1n) is 13.5. The van der Waals surface area contributed by atoms with Crippen molar-refractivity contribution < 1.29 is 19.4 Å². The number of carbonyl (C=O) groups excluding carboxylic acids is 2. The number of fused-ring (bicyclic) bond motifs is 1. The van der Waals surface area contributed by atoms with Gasteiger partial charge in [-0.05, 0) is 75.9 Å².